The number of para-hydroxylation sites is 1. The van der Waals surface area contributed by atoms with E-state index < -0.39 is 11.7 Å². The van der Waals surface area contributed by atoms with E-state index >= 15 is 0 Å². The van der Waals surface area contributed by atoms with Crippen LogP contribution in [0.15, 0.2) is 24.3 Å². The van der Waals surface area contributed by atoms with Crippen molar-refractivity contribution in [1.82, 2.24) is 25.6 Å². The number of carbonyl (C=O) groups is 3. The Hall–Kier alpha value is -2.76. The van der Waals surface area contributed by atoms with E-state index in [0.717, 1.165) is 62.2 Å². The molecule has 11 heteroatoms. The van der Waals surface area contributed by atoms with Crippen LogP contribution in [0.5, 0.6) is 0 Å². The molecule has 3 amide bonds. The fourth-order valence-corrected chi connectivity index (χ4v) is 4.63. The summed E-state index contributed by atoms with van der Waals surface area (Å²) in [7, 11) is 0. The molecule has 3 N–H and O–H groups in total. The summed E-state index contributed by atoms with van der Waals surface area (Å²) in [6, 6.07) is 7.85. The fourth-order valence-electron chi connectivity index (χ4n) is 3.74. The van der Waals surface area contributed by atoms with Gasteiger partial charge in [0.05, 0.1) is 16.8 Å². The van der Waals surface area contributed by atoms with E-state index in [-0.39, 0.29) is 11.8 Å². The number of amides is 3. The first kappa shape index (κ1) is 26.8. The van der Waals surface area contributed by atoms with Gasteiger partial charge in [-0.15, -0.1) is 0 Å². The van der Waals surface area contributed by atoms with Gasteiger partial charge in [-0.25, -0.2) is 15.2 Å². The smallest absolute Gasteiger partial charge is 0.426 e. The maximum Gasteiger partial charge on any atom is 0.426 e. The molecule has 0 saturated carbocycles. The van der Waals surface area contributed by atoms with Gasteiger partial charge in [0, 0.05) is 32.6 Å². The molecule has 0 bridgehead atoms. The molecule has 1 saturated heterocycles. The third-order valence-corrected chi connectivity index (χ3v) is 6.41. The zero-order valence-corrected chi connectivity index (χ0v) is 21.6. The molecule has 3 rings (SSSR count). The van der Waals surface area contributed by atoms with Crippen LogP contribution in [-0.4, -0.2) is 77.6 Å². The minimum Gasteiger partial charge on any atom is -0.443 e. The number of carbonyl (C=O) groups excluding carboxylic acids is 3. The highest BCUT2D eigenvalue weighted by molar-refractivity contribution is 7.22. The van der Waals surface area contributed by atoms with Crippen LogP contribution in [0, 0.1) is 0 Å². The van der Waals surface area contributed by atoms with Crippen molar-refractivity contribution < 1.29 is 19.1 Å². The van der Waals surface area contributed by atoms with Gasteiger partial charge in [-0.05, 0) is 52.3 Å². The molecule has 1 fully saturated rings. The Labute approximate surface area is 210 Å². The summed E-state index contributed by atoms with van der Waals surface area (Å²) < 4.78 is 6.13. The number of piperazine rings is 1. The Morgan fingerprint density at radius 2 is 1.69 bits per heavy atom. The normalized spacial score (nSPS) is 15.1. The van der Waals surface area contributed by atoms with Crippen molar-refractivity contribution >= 4 is 44.6 Å². The maximum absolute atomic E-state index is 12.4. The van der Waals surface area contributed by atoms with Gasteiger partial charge in [-0.3, -0.25) is 19.9 Å². The van der Waals surface area contributed by atoms with E-state index in [0.29, 0.717) is 18.1 Å². The number of hydrogen-bond donors (Lipinski definition) is 3. The number of fused-ring (bicyclic) bond motifs is 1. The van der Waals surface area contributed by atoms with E-state index in [1.54, 1.807) is 20.8 Å². The van der Waals surface area contributed by atoms with E-state index in [2.05, 4.69) is 31.0 Å². The molecule has 2 aromatic rings. The number of hydrogen-bond acceptors (Lipinski definition) is 8. The first-order valence-corrected chi connectivity index (χ1v) is 12.9. The number of anilines is 1. The summed E-state index contributed by atoms with van der Waals surface area (Å²) in [5.41, 5.74) is 4.93. The molecular weight excluding hydrogens is 468 g/mol. The van der Waals surface area contributed by atoms with Gasteiger partial charge in [-0.2, -0.15) is 0 Å². The van der Waals surface area contributed by atoms with Crippen LogP contribution >= 0.6 is 11.3 Å². The van der Waals surface area contributed by atoms with Crippen molar-refractivity contribution in [3.05, 3.63) is 24.3 Å². The minimum absolute atomic E-state index is 0.0306. The number of unbranched alkanes of at least 4 members (excludes halogenated alkanes) is 2. The summed E-state index contributed by atoms with van der Waals surface area (Å²) in [4.78, 5) is 44.8. The second kappa shape index (κ2) is 12.8. The van der Waals surface area contributed by atoms with Gasteiger partial charge >= 0.3 is 6.09 Å². The minimum atomic E-state index is -0.667. The number of thiazole rings is 1. The quantitative estimate of drug-likeness (QED) is 0.355. The first-order valence-electron chi connectivity index (χ1n) is 12.1. The van der Waals surface area contributed by atoms with Crippen LogP contribution in [-0.2, 0) is 14.3 Å². The zero-order valence-electron chi connectivity index (χ0n) is 20.8. The Bertz CT molecular complexity index is 964. The molecule has 35 heavy (non-hydrogen) atoms. The topological polar surface area (TPSA) is 116 Å². The van der Waals surface area contributed by atoms with Crippen LogP contribution in [0.2, 0.25) is 0 Å². The molecule has 10 nitrogen and oxygen atoms in total. The lowest BCUT2D eigenvalue weighted by Crippen LogP contribution is -2.48. The van der Waals surface area contributed by atoms with Gasteiger partial charge in [0.2, 0.25) is 11.8 Å². The Balaban J connectivity index is 1.22. The first-order chi connectivity index (χ1) is 16.7. The molecule has 0 spiro atoms. The highest BCUT2D eigenvalue weighted by Crippen LogP contribution is 2.25. The van der Waals surface area contributed by atoms with E-state index in [1.165, 1.54) is 11.3 Å². The molecule has 1 aromatic carbocycles. The highest BCUT2D eigenvalue weighted by atomic mass is 32.1. The third kappa shape index (κ3) is 9.79. The number of ether oxygens (including phenoxy) is 1. The van der Waals surface area contributed by atoms with Gasteiger partial charge in [0.15, 0.2) is 5.13 Å². The Kier molecular flexibility index (Phi) is 9.82. The number of hydrazine groups is 1. The number of nitrogens with one attached hydrogen (secondary N) is 3. The van der Waals surface area contributed by atoms with Gasteiger partial charge in [0.1, 0.15) is 5.60 Å². The molecule has 0 unspecified atom stereocenters. The van der Waals surface area contributed by atoms with E-state index in [9.17, 15) is 14.4 Å². The number of benzene rings is 1. The Morgan fingerprint density at radius 1 is 0.971 bits per heavy atom. The number of rotatable bonds is 9. The average molecular weight is 505 g/mol. The lowest BCUT2D eigenvalue weighted by molar-refractivity contribution is -0.122. The monoisotopic (exact) mass is 504 g/mol. The summed E-state index contributed by atoms with van der Waals surface area (Å²) in [5.74, 6) is -0.259. The van der Waals surface area contributed by atoms with Gasteiger partial charge < -0.3 is 15.0 Å². The van der Waals surface area contributed by atoms with Crippen molar-refractivity contribution in [3.63, 3.8) is 0 Å². The van der Waals surface area contributed by atoms with Gasteiger partial charge in [-0.1, -0.05) is 29.9 Å². The van der Waals surface area contributed by atoms with Crippen LogP contribution in [0.1, 0.15) is 46.5 Å². The van der Waals surface area contributed by atoms with E-state index in [1.807, 2.05) is 24.3 Å². The molecule has 192 valence electrons. The van der Waals surface area contributed by atoms with Crippen LogP contribution in [0.4, 0.5) is 9.93 Å². The van der Waals surface area contributed by atoms with Crippen LogP contribution in [0.25, 0.3) is 10.2 Å². The van der Waals surface area contributed by atoms with Crippen molar-refractivity contribution in [2.75, 3.05) is 44.6 Å². The van der Waals surface area contributed by atoms with E-state index in [4.69, 9.17) is 4.74 Å². The molecule has 0 atom stereocenters. The summed E-state index contributed by atoms with van der Waals surface area (Å²) >= 11 is 1.49. The molecule has 0 radical (unpaired) electrons. The van der Waals surface area contributed by atoms with Crippen LogP contribution < -0.4 is 16.2 Å². The van der Waals surface area contributed by atoms with Crippen LogP contribution in [0.3, 0.4) is 0 Å². The zero-order chi connectivity index (χ0) is 25.3. The molecular formula is C24H36N6O4S. The predicted octanol–water partition coefficient (Wildman–Crippen LogP) is 2.97. The summed E-state index contributed by atoms with van der Waals surface area (Å²) in [5, 5.41) is 3.57. The largest absolute Gasteiger partial charge is 0.443 e. The summed E-state index contributed by atoms with van der Waals surface area (Å²) in [6.45, 7) is 10.2. The standard InChI is InChI=1S/C24H36N6O4S/c1-24(2,3)34-23(33)28-27-20(31)11-5-4-8-12-29-13-15-30(16-14-29)17-21(32)26-22-25-18-9-6-7-10-19(18)35-22/h6-7,9-10H,4-5,8,11-17H2,1-3H3,(H,27,31)(H,28,33)(H,25,26,32). The van der Waals surface area contributed by atoms with Gasteiger partial charge in [0.25, 0.3) is 0 Å². The number of aromatic nitrogens is 1. The second-order valence-electron chi connectivity index (χ2n) is 9.64. The van der Waals surface area contributed by atoms with Crippen molar-refractivity contribution in [1.29, 1.82) is 0 Å². The molecule has 1 aromatic heterocycles. The third-order valence-electron chi connectivity index (χ3n) is 5.45. The Morgan fingerprint density at radius 3 is 2.40 bits per heavy atom. The maximum atomic E-state index is 12.4. The van der Waals surface area contributed by atoms with Crippen molar-refractivity contribution in [2.24, 2.45) is 0 Å². The molecule has 0 aliphatic carbocycles. The molecule has 1 aliphatic rings. The number of nitrogens with zero attached hydrogens (tertiary/aromatic N) is 3. The average Bonchev–Trinajstić information content (AvgIpc) is 3.19. The molecule has 1 aliphatic heterocycles. The fraction of sp³-hybridized carbons (Fsp3) is 0.583. The summed E-state index contributed by atoms with van der Waals surface area (Å²) in [6.07, 6.45) is 2.38. The SMILES string of the molecule is CC(C)(C)OC(=O)NNC(=O)CCCCCN1CCN(CC(=O)Nc2nc3ccccc3s2)CC1. The highest BCUT2D eigenvalue weighted by Gasteiger charge is 2.19. The van der Waals surface area contributed by atoms with Crippen molar-refractivity contribution in [2.45, 2.75) is 52.1 Å². The lowest BCUT2D eigenvalue weighted by Gasteiger charge is -2.34. The lowest BCUT2D eigenvalue weighted by atomic mass is 10.1. The predicted molar refractivity (Wildman–Crippen MR) is 137 cm³/mol. The second-order valence-corrected chi connectivity index (χ2v) is 10.7. The van der Waals surface area contributed by atoms with Crippen molar-refractivity contribution in [3.8, 4) is 0 Å². The molecule has 2 heterocycles.